The summed E-state index contributed by atoms with van der Waals surface area (Å²) in [5, 5.41) is 3.16. The van der Waals surface area contributed by atoms with Crippen molar-refractivity contribution < 1.29 is 0 Å². The first-order chi connectivity index (χ1) is 7.63. The van der Waals surface area contributed by atoms with Crippen LogP contribution in [0.1, 0.15) is 5.69 Å². The predicted molar refractivity (Wildman–Crippen MR) is 75.9 cm³/mol. The van der Waals surface area contributed by atoms with Gasteiger partial charge in [0.25, 0.3) is 0 Å². The third kappa shape index (κ3) is 3.87. The smallest absolute Gasteiger partial charge is 0.222 e. The molecule has 2 aromatic rings. The van der Waals surface area contributed by atoms with Crippen LogP contribution in [0.15, 0.2) is 34.8 Å². The summed E-state index contributed by atoms with van der Waals surface area (Å²) in [4.78, 5) is 8.10. The van der Waals surface area contributed by atoms with Gasteiger partial charge in [0.15, 0.2) is 0 Å². The van der Waals surface area contributed by atoms with Gasteiger partial charge in [-0.3, -0.25) is 0 Å². The van der Waals surface area contributed by atoms with Gasteiger partial charge in [0.2, 0.25) is 5.95 Å². The normalized spacial score (nSPS) is 9.53. The molecule has 0 saturated carbocycles. The first-order valence-corrected chi connectivity index (χ1v) is 5.56. The van der Waals surface area contributed by atoms with E-state index in [1.54, 1.807) is 0 Å². The van der Waals surface area contributed by atoms with Crippen molar-refractivity contribution in [2.75, 3.05) is 11.1 Å². The summed E-state index contributed by atoms with van der Waals surface area (Å²) < 4.78 is 1.04. The standard InChI is InChI=1S/C11H11BrN4.ClH/c1-7-6-10(16-11(13)14-7)15-9-4-2-8(12)3-5-9;/h2-6H,1H3,(H3,13,14,15,16);1H. The van der Waals surface area contributed by atoms with Crippen LogP contribution < -0.4 is 11.1 Å². The second-order valence-corrected chi connectivity index (χ2v) is 4.30. The Bertz CT molecular complexity index is 481. The maximum Gasteiger partial charge on any atom is 0.222 e. The lowest BCUT2D eigenvalue weighted by molar-refractivity contribution is 1.12. The number of aryl methyl sites for hydroxylation is 1. The minimum absolute atomic E-state index is 0. The molecule has 0 spiro atoms. The Balaban J connectivity index is 0.00000144. The molecular formula is C11H12BrClN4. The number of nitrogens with zero attached hydrogens (tertiary/aromatic N) is 2. The Labute approximate surface area is 114 Å². The van der Waals surface area contributed by atoms with Crippen LogP contribution in [0.4, 0.5) is 17.5 Å². The van der Waals surface area contributed by atoms with Crippen LogP contribution in [0.5, 0.6) is 0 Å². The molecule has 1 heterocycles. The molecular weight excluding hydrogens is 304 g/mol. The van der Waals surface area contributed by atoms with Gasteiger partial charge in [-0.1, -0.05) is 15.9 Å². The monoisotopic (exact) mass is 314 g/mol. The zero-order chi connectivity index (χ0) is 11.5. The largest absolute Gasteiger partial charge is 0.368 e. The van der Waals surface area contributed by atoms with Crippen molar-refractivity contribution in [2.24, 2.45) is 0 Å². The Morgan fingerprint density at radius 2 is 1.82 bits per heavy atom. The molecule has 1 aromatic heterocycles. The zero-order valence-corrected chi connectivity index (χ0v) is 11.5. The molecule has 0 unspecified atom stereocenters. The number of nitrogens with one attached hydrogen (secondary N) is 1. The summed E-state index contributed by atoms with van der Waals surface area (Å²) in [7, 11) is 0. The molecule has 4 nitrogen and oxygen atoms in total. The molecule has 90 valence electrons. The van der Waals surface area contributed by atoms with Crippen LogP contribution in [0, 0.1) is 6.92 Å². The molecule has 2 rings (SSSR count). The van der Waals surface area contributed by atoms with E-state index in [0.29, 0.717) is 5.82 Å². The van der Waals surface area contributed by atoms with Crippen molar-refractivity contribution >= 4 is 45.8 Å². The molecule has 0 saturated heterocycles. The number of hydrogen-bond donors (Lipinski definition) is 2. The summed E-state index contributed by atoms with van der Waals surface area (Å²) in [5.41, 5.74) is 7.37. The summed E-state index contributed by atoms with van der Waals surface area (Å²) in [6.45, 7) is 1.88. The highest BCUT2D eigenvalue weighted by Gasteiger charge is 1.99. The fourth-order valence-corrected chi connectivity index (χ4v) is 1.60. The van der Waals surface area contributed by atoms with Crippen molar-refractivity contribution in [1.82, 2.24) is 9.97 Å². The lowest BCUT2D eigenvalue weighted by Crippen LogP contribution is -2.01. The molecule has 0 bridgehead atoms. The highest BCUT2D eigenvalue weighted by Crippen LogP contribution is 2.18. The molecule has 0 aliphatic carbocycles. The fourth-order valence-electron chi connectivity index (χ4n) is 1.34. The van der Waals surface area contributed by atoms with Crippen molar-refractivity contribution in [1.29, 1.82) is 0 Å². The average Bonchev–Trinajstić information content (AvgIpc) is 2.20. The minimum Gasteiger partial charge on any atom is -0.368 e. The second-order valence-electron chi connectivity index (χ2n) is 3.38. The summed E-state index contributed by atoms with van der Waals surface area (Å²) in [6, 6.07) is 9.67. The van der Waals surface area contributed by atoms with Gasteiger partial charge in [-0.15, -0.1) is 12.4 Å². The first kappa shape index (κ1) is 13.7. The van der Waals surface area contributed by atoms with E-state index in [1.165, 1.54) is 0 Å². The van der Waals surface area contributed by atoms with E-state index in [-0.39, 0.29) is 18.4 Å². The number of halogens is 2. The number of aromatic nitrogens is 2. The van der Waals surface area contributed by atoms with E-state index < -0.39 is 0 Å². The third-order valence-corrected chi connectivity index (χ3v) is 2.52. The maximum absolute atomic E-state index is 5.57. The Hall–Kier alpha value is -1.33. The average molecular weight is 316 g/mol. The van der Waals surface area contributed by atoms with Crippen LogP contribution in [-0.2, 0) is 0 Å². The SMILES string of the molecule is Cc1cc(Nc2ccc(Br)cc2)nc(N)n1.Cl. The van der Waals surface area contributed by atoms with E-state index in [4.69, 9.17) is 5.73 Å². The van der Waals surface area contributed by atoms with E-state index in [2.05, 4.69) is 31.2 Å². The van der Waals surface area contributed by atoms with Gasteiger partial charge in [0, 0.05) is 21.9 Å². The molecule has 0 aliphatic rings. The minimum atomic E-state index is 0. The maximum atomic E-state index is 5.57. The van der Waals surface area contributed by atoms with Gasteiger partial charge in [-0.2, -0.15) is 4.98 Å². The summed E-state index contributed by atoms with van der Waals surface area (Å²) in [5.74, 6) is 0.979. The predicted octanol–water partition coefficient (Wildman–Crippen LogP) is 3.30. The van der Waals surface area contributed by atoms with E-state index >= 15 is 0 Å². The highest BCUT2D eigenvalue weighted by atomic mass is 79.9. The fraction of sp³-hybridized carbons (Fsp3) is 0.0909. The number of hydrogen-bond acceptors (Lipinski definition) is 4. The quantitative estimate of drug-likeness (QED) is 0.892. The van der Waals surface area contributed by atoms with Gasteiger partial charge in [-0.25, -0.2) is 4.98 Å². The van der Waals surface area contributed by atoms with Gasteiger partial charge in [-0.05, 0) is 31.2 Å². The van der Waals surface area contributed by atoms with Gasteiger partial charge in [0.05, 0.1) is 0 Å². The van der Waals surface area contributed by atoms with Gasteiger partial charge >= 0.3 is 0 Å². The topological polar surface area (TPSA) is 63.8 Å². The molecule has 0 atom stereocenters. The van der Waals surface area contributed by atoms with Crippen molar-refractivity contribution in [3.8, 4) is 0 Å². The third-order valence-electron chi connectivity index (χ3n) is 1.99. The summed E-state index contributed by atoms with van der Waals surface area (Å²) >= 11 is 3.38. The van der Waals surface area contributed by atoms with Crippen LogP contribution in [0.25, 0.3) is 0 Å². The number of anilines is 3. The second kappa shape index (κ2) is 5.84. The van der Waals surface area contributed by atoms with E-state index in [9.17, 15) is 0 Å². The van der Waals surface area contributed by atoms with Gasteiger partial charge < -0.3 is 11.1 Å². The number of benzene rings is 1. The molecule has 1 aromatic carbocycles. The van der Waals surface area contributed by atoms with Crippen molar-refractivity contribution in [3.63, 3.8) is 0 Å². The van der Waals surface area contributed by atoms with Crippen LogP contribution in [0.3, 0.4) is 0 Å². The Kier molecular flexibility index (Phi) is 4.72. The number of nitrogen functional groups attached to an aromatic ring is 1. The Morgan fingerprint density at radius 1 is 1.18 bits per heavy atom. The summed E-state index contributed by atoms with van der Waals surface area (Å²) in [6.07, 6.45) is 0. The molecule has 6 heteroatoms. The van der Waals surface area contributed by atoms with E-state index in [1.807, 2.05) is 37.3 Å². The molecule has 0 aliphatic heterocycles. The van der Waals surface area contributed by atoms with Crippen LogP contribution >= 0.6 is 28.3 Å². The molecule has 3 N–H and O–H groups in total. The molecule has 0 amide bonds. The molecule has 0 fully saturated rings. The highest BCUT2D eigenvalue weighted by molar-refractivity contribution is 9.10. The van der Waals surface area contributed by atoms with E-state index in [0.717, 1.165) is 15.9 Å². The van der Waals surface area contributed by atoms with Crippen molar-refractivity contribution in [2.45, 2.75) is 6.92 Å². The Morgan fingerprint density at radius 3 is 2.41 bits per heavy atom. The zero-order valence-electron chi connectivity index (χ0n) is 9.14. The molecule has 0 radical (unpaired) electrons. The number of nitrogens with two attached hydrogens (primary N) is 1. The van der Waals surface area contributed by atoms with Crippen molar-refractivity contribution in [3.05, 3.63) is 40.5 Å². The number of rotatable bonds is 2. The van der Waals surface area contributed by atoms with Crippen LogP contribution in [0.2, 0.25) is 0 Å². The van der Waals surface area contributed by atoms with Gasteiger partial charge in [0.1, 0.15) is 5.82 Å². The first-order valence-electron chi connectivity index (χ1n) is 4.77. The molecule has 17 heavy (non-hydrogen) atoms. The van der Waals surface area contributed by atoms with Crippen LogP contribution in [-0.4, -0.2) is 9.97 Å². The lowest BCUT2D eigenvalue weighted by atomic mass is 10.3. The lowest BCUT2D eigenvalue weighted by Gasteiger charge is -2.06.